The molecule has 1 aromatic rings. The lowest BCUT2D eigenvalue weighted by Gasteiger charge is -2.27. The molecule has 0 saturated heterocycles. The van der Waals surface area contributed by atoms with E-state index in [-0.39, 0.29) is 18.5 Å². The second kappa shape index (κ2) is 7.41. The molecule has 1 fully saturated rings. The molecule has 1 saturated carbocycles. The van der Waals surface area contributed by atoms with Crippen molar-refractivity contribution in [2.75, 3.05) is 13.7 Å². The molecule has 0 radical (unpaired) electrons. The predicted octanol–water partition coefficient (Wildman–Crippen LogP) is 2.77. The summed E-state index contributed by atoms with van der Waals surface area (Å²) in [5.74, 6) is 0.144. The maximum atomic E-state index is 11.8. The molecule has 3 nitrogen and oxygen atoms in total. The monoisotopic (exact) mass is 262 g/mol. The highest BCUT2D eigenvalue weighted by molar-refractivity contribution is 5.82. The van der Waals surface area contributed by atoms with Gasteiger partial charge in [0.2, 0.25) is 0 Å². The summed E-state index contributed by atoms with van der Waals surface area (Å²) in [5, 5.41) is 0. The number of carbonyl (C=O) groups is 1. The van der Waals surface area contributed by atoms with Gasteiger partial charge in [-0.2, -0.15) is 0 Å². The van der Waals surface area contributed by atoms with E-state index in [1.54, 1.807) is 7.11 Å². The fourth-order valence-electron chi connectivity index (χ4n) is 2.55. The van der Waals surface area contributed by atoms with Gasteiger partial charge in [0.05, 0.1) is 12.2 Å². The minimum Gasteiger partial charge on any atom is -0.381 e. The van der Waals surface area contributed by atoms with Gasteiger partial charge in [-0.25, -0.2) is 0 Å². The molecule has 1 aliphatic carbocycles. The Morgan fingerprint density at radius 2 is 1.95 bits per heavy atom. The molecule has 0 N–H and O–H groups in total. The third-order valence-corrected chi connectivity index (χ3v) is 3.64. The van der Waals surface area contributed by atoms with Gasteiger partial charge in [-0.1, -0.05) is 30.3 Å². The Hall–Kier alpha value is -1.19. The first-order chi connectivity index (χ1) is 9.28. The van der Waals surface area contributed by atoms with E-state index in [4.69, 9.17) is 9.47 Å². The van der Waals surface area contributed by atoms with Crippen molar-refractivity contribution in [3.8, 4) is 0 Å². The molecule has 3 heteroatoms. The van der Waals surface area contributed by atoms with Crippen LogP contribution in [-0.2, 0) is 20.7 Å². The zero-order valence-electron chi connectivity index (χ0n) is 11.5. The van der Waals surface area contributed by atoms with Crippen molar-refractivity contribution in [2.24, 2.45) is 0 Å². The van der Waals surface area contributed by atoms with Crippen molar-refractivity contribution in [1.82, 2.24) is 0 Å². The van der Waals surface area contributed by atoms with Crippen LogP contribution in [0.15, 0.2) is 30.3 Å². The minimum atomic E-state index is 0.144. The summed E-state index contributed by atoms with van der Waals surface area (Å²) in [6.45, 7) is 0.218. The quantitative estimate of drug-likeness (QED) is 0.791. The van der Waals surface area contributed by atoms with Gasteiger partial charge in [0.1, 0.15) is 6.61 Å². The number of ether oxygens (including phenoxy) is 2. The standard InChI is InChI=1S/C16H22O3/c1-18-15-8-5-9-16(11-15)19-12-14(17)10-13-6-3-2-4-7-13/h2-4,6-7,15-16H,5,8-12H2,1H3. The summed E-state index contributed by atoms with van der Waals surface area (Å²) in [7, 11) is 1.74. The van der Waals surface area contributed by atoms with E-state index in [0.717, 1.165) is 31.2 Å². The first-order valence-corrected chi connectivity index (χ1v) is 6.98. The maximum Gasteiger partial charge on any atom is 0.162 e. The van der Waals surface area contributed by atoms with Crippen LogP contribution in [0.4, 0.5) is 0 Å². The Morgan fingerprint density at radius 1 is 1.21 bits per heavy atom. The van der Waals surface area contributed by atoms with E-state index >= 15 is 0 Å². The molecule has 0 spiro atoms. The third kappa shape index (κ3) is 4.77. The van der Waals surface area contributed by atoms with Crippen molar-refractivity contribution in [3.63, 3.8) is 0 Å². The number of hydrogen-bond acceptors (Lipinski definition) is 3. The lowest BCUT2D eigenvalue weighted by Crippen LogP contribution is -2.29. The van der Waals surface area contributed by atoms with E-state index in [1.165, 1.54) is 0 Å². The first kappa shape index (κ1) is 14.2. The van der Waals surface area contributed by atoms with Crippen LogP contribution in [0.25, 0.3) is 0 Å². The molecule has 19 heavy (non-hydrogen) atoms. The Morgan fingerprint density at radius 3 is 2.68 bits per heavy atom. The molecule has 0 heterocycles. The maximum absolute atomic E-state index is 11.8. The zero-order valence-corrected chi connectivity index (χ0v) is 11.5. The Labute approximate surface area is 114 Å². The van der Waals surface area contributed by atoms with Crippen molar-refractivity contribution in [2.45, 2.75) is 44.3 Å². The zero-order chi connectivity index (χ0) is 13.5. The van der Waals surface area contributed by atoms with Crippen LogP contribution in [0.1, 0.15) is 31.2 Å². The average Bonchev–Trinajstić information content (AvgIpc) is 2.46. The minimum absolute atomic E-state index is 0.144. The molecule has 1 aromatic carbocycles. The van der Waals surface area contributed by atoms with Crippen molar-refractivity contribution >= 4 is 5.78 Å². The van der Waals surface area contributed by atoms with E-state index in [9.17, 15) is 4.79 Å². The van der Waals surface area contributed by atoms with Gasteiger partial charge in [0, 0.05) is 13.5 Å². The Balaban J connectivity index is 1.71. The lowest BCUT2D eigenvalue weighted by atomic mass is 9.95. The number of benzene rings is 1. The number of ketones is 1. The summed E-state index contributed by atoms with van der Waals surface area (Å²) >= 11 is 0. The first-order valence-electron chi connectivity index (χ1n) is 6.98. The van der Waals surface area contributed by atoms with Crippen molar-refractivity contribution in [1.29, 1.82) is 0 Å². The number of rotatable bonds is 6. The second-order valence-corrected chi connectivity index (χ2v) is 5.16. The molecular weight excluding hydrogens is 240 g/mol. The number of Topliss-reactive ketones (excluding diaryl/α,β-unsaturated/α-hetero) is 1. The van der Waals surface area contributed by atoms with E-state index in [2.05, 4.69) is 0 Å². The van der Waals surface area contributed by atoms with Gasteiger partial charge in [-0.3, -0.25) is 4.79 Å². The number of methoxy groups -OCH3 is 1. The van der Waals surface area contributed by atoms with Gasteiger partial charge in [-0.15, -0.1) is 0 Å². The normalized spacial score (nSPS) is 23.2. The molecule has 1 aliphatic rings. The highest BCUT2D eigenvalue weighted by Crippen LogP contribution is 2.23. The van der Waals surface area contributed by atoms with Crippen LogP contribution in [0.2, 0.25) is 0 Å². The third-order valence-electron chi connectivity index (χ3n) is 3.64. The summed E-state index contributed by atoms with van der Waals surface area (Å²) in [4.78, 5) is 11.8. The second-order valence-electron chi connectivity index (χ2n) is 5.16. The molecule has 104 valence electrons. The van der Waals surface area contributed by atoms with Gasteiger partial charge in [0.25, 0.3) is 0 Å². The fourth-order valence-corrected chi connectivity index (χ4v) is 2.55. The predicted molar refractivity (Wildman–Crippen MR) is 74.2 cm³/mol. The van der Waals surface area contributed by atoms with Gasteiger partial charge < -0.3 is 9.47 Å². The Kier molecular flexibility index (Phi) is 5.55. The summed E-state index contributed by atoms with van der Waals surface area (Å²) in [6, 6.07) is 9.80. The smallest absolute Gasteiger partial charge is 0.162 e. The largest absolute Gasteiger partial charge is 0.381 e. The number of hydrogen-bond donors (Lipinski definition) is 0. The molecule has 0 aliphatic heterocycles. The van der Waals surface area contributed by atoms with Crippen molar-refractivity contribution in [3.05, 3.63) is 35.9 Å². The van der Waals surface area contributed by atoms with Gasteiger partial charge in [0.15, 0.2) is 5.78 Å². The highest BCUT2D eigenvalue weighted by Gasteiger charge is 2.22. The lowest BCUT2D eigenvalue weighted by molar-refractivity contribution is -0.126. The number of carbonyl (C=O) groups excluding carboxylic acids is 1. The van der Waals surface area contributed by atoms with Gasteiger partial charge in [-0.05, 0) is 31.2 Å². The van der Waals surface area contributed by atoms with E-state index in [1.807, 2.05) is 30.3 Å². The molecule has 2 unspecified atom stereocenters. The molecule has 0 amide bonds. The van der Waals surface area contributed by atoms with Crippen molar-refractivity contribution < 1.29 is 14.3 Å². The van der Waals surface area contributed by atoms with Crippen LogP contribution < -0.4 is 0 Å². The summed E-state index contributed by atoms with van der Waals surface area (Å²) in [6.07, 6.45) is 5.11. The summed E-state index contributed by atoms with van der Waals surface area (Å²) < 4.78 is 11.1. The SMILES string of the molecule is COC1CCCC(OCC(=O)Cc2ccccc2)C1. The molecule has 2 rings (SSSR count). The fraction of sp³-hybridized carbons (Fsp3) is 0.562. The topological polar surface area (TPSA) is 35.5 Å². The van der Waals surface area contributed by atoms with Crippen LogP contribution in [0.5, 0.6) is 0 Å². The molecule has 0 aromatic heterocycles. The van der Waals surface area contributed by atoms with Crippen LogP contribution >= 0.6 is 0 Å². The van der Waals surface area contributed by atoms with Crippen LogP contribution in [0.3, 0.4) is 0 Å². The molecular formula is C16H22O3. The highest BCUT2D eigenvalue weighted by atomic mass is 16.5. The van der Waals surface area contributed by atoms with E-state index in [0.29, 0.717) is 12.5 Å². The summed E-state index contributed by atoms with van der Waals surface area (Å²) in [5.41, 5.74) is 1.05. The van der Waals surface area contributed by atoms with Crippen LogP contribution in [0, 0.1) is 0 Å². The van der Waals surface area contributed by atoms with E-state index < -0.39 is 0 Å². The molecule has 0 bridgehead atoms. The van der Waals surface area contributed by atoms with Gasteiger partial charge >= 0.3 is 0 Å². The average molecular weight is 262 g/mol. The molecule has 2 atom stereocenters. The van der Waals surface area contributed by atoms with Crippen LogP contribution in [-0.4, -0.2) is 31.7 Å². The Bertz CT molecular complexity index is 388.